The van der Waals surface area contributed by atoms with Crippen LogP contribution >= 0.6 is 0 Å². The number of likely N-dealkylation sites (tertiary alicyclic amines) is 1. The Morgan fingerprint density at radius 2 is 1.52 bits per heavy atom. The second kappa shape index (κ2) is 19.6. The van der Waals surface area contributed by atoms with Crippen LogP contribution in [0.1, 0.15) is 86.8 Å². The molecule has 1 aromatic rings. The first-order chi connectivity index (χ1) is 13.1. The molecule has 1 saturated heterocycles. The molecule has 1 aliphatic heterocycles. The van der Waals surface area contributed by atoms with Crippen molar-refractivity contribution >= 4 is 0 Å². The van der Waals surface area contributed by atoms with Gasteiger partial charge in [0.15, 0.2) is 0 Å². The van der Waals surface area contributed by atoms with Crippen LogP contribution in [0, 0.1) is 0 Å². The largest absolute Gasteiger partial charge is 0.392 e. The highest BCUT2D eigenvalue weighted by atomic mass is 16.3. The van der Waals surface area contributed by atoms with Crippen LogP contribution in [-0.4, -0.2) is 40.9 Å². The van der Waals surface area contributed by atoms with Gasteiger partial charge >= 0.3 is 0 Å². The smallest absolute Gasteiger partial charge is 0.105 e. The van der Waals surface area contributed by atoms with Crippen LogP contribution in [0.25, 0.3) is 0 Å². The number of hydrogen-bond donors (Lipinski definition) is 2. The Morgan fingerprint density at radius 1 is 1.04 bits per heavy atom. The lowest BCUT2D eigenvalue weighted by Crippen LogP contribution is -2.50. The van der Waals surface area contributed by atoms with Crippen LogP contribution in [-0.2, 0) is 0 Å². The third-order valence-corrected chi connectivity index (χ3v) is 4.16. The topological polar surface area (TPSA) is 43.7 Å². The number of aliphatic hydroxyl groups is 2. The fraction of sp³-hybridized carbons (Fsp3) is 0.667. The number of piperidine rings is 1. The normalized spacial score (nSPS) is 21.6. The van der Waals surface area contributed by atoms with Crippen LogP contribution < -0.4 is 0 Å². The predicted octanol–water partition coefficient (Wildman–Crippen LogP) is 6.23. The number of benzene rings is 1. The molecule has 1 aromatic carbocycles. The number of aliphatic hydroxyl groups excluding tert-OH is 1. The second-order valence-corrected chi connectivity index (χ2v) is 5.39. The second-order valence-electron chi connectivity index (χ2n) is 5.39. The maximum absolute atomic E-state index is 11.1. The van der Waals surface area contributed by atoms with Gasteiger partial charge in [0.2, 0.25) is 0 Å². The minimum Gasteiger partial charge on any atom is -0.392 e. The third kappa shape index (κ3) is 9.55. The van der Waals surface area contributed by atoms with E-state index in [1.807, 2.05) is 87.6 Å². The van der Waals surface area contributed by atoms with E-state index in [1.165, 1.54) is 0 Å². The molecule has 2 atom stereocenters. The summed E-state index contributed by atoms with van der Waals surface area (Å²) in [5.41, 5.74) is 1.09. The lowest BCUT2D eigenvalue weighted by molar-refractivity contribution is -0.0468. The van der Waals surface area contributed by atoms with Gasteiger partial charge in [0.25, 0.3) is 0 Å². The molecule has 2 rings (SSSR count). The molecule has 0 saturated carbocycles. The minimum atomic E-state index is -0.892. The molecule has 2 N–H and O–H groups in total. The van der Waals surface area contributed by atoms with E-state index in [0.717, 1.165) is 30.5 Å². The third-order valence-electron chi connectivity index (χ3n) is 4.16. The van der Waals surface area contributed by atoms with Crippen molar-refractivity contribution in [2.45, 2.75) is 86.8 Å². The molecule has 1 fully saturated rings. The first-order valence-corrected chi connectivity index (χ1v) is 10.8. The summed E-state index contributed by atoms with van der Waals surface area (Å²) < 4.78 is 0. The van der Waals surface area contributed by atoms with Crippen LogP contribution in [0.4, 0.5) is 0 Å². The lowest BCUT2D eigenvalue weighted by Gasteiger charge is -2.46. The van der Waals surface area contributed by atoms with Gasteiger partial charge in [-0.15, -0.1) is 0 Å². The van der Waals surface area contributed by atoms with E-state index in [-0.39, 0.29) is 12.6 Å². The Balaban J connectivity index is -0.000000638. The fourth-order valence-electron chi connectivity index (χ4n) is 3.12. The molecule has 0 aromatic heterocycles. The highest BCUT2D eigenvalue weighted by molar-refractivity contribution is 5.30. The van der Waals surface area contributed by atoms with E-state index < -0.39 is 5.60 Å². The predicted molar refractivity (Wildman–Crippen MR) is 122 cm³/mol. The minimum absolute atomic E-state index is 0.0284. The zero-order chi connectivity index (χ0) is 21.9. The van der Waals surface area contributed by atoms with Gasteiger partial charge in [0, 0.05) is 0 Å². The zero-order valence-electron chi connectivity index (χ0n) is 19.7. The van der Waals surface area contributed by atoms with Gasteiger partial charge in [-0.3, -0.25) is 4.90 Å². The molecular weight excluding hydrogens is 334 g/mol. The van der Waals surface area contributed by atoms with Crippen molar-refractivity contribution in [3.8, 4) is 0 Å². The van der Waals surface area contributed by atoms with Crippen LogP contribution in [0.3, 0.4) is 0 Å². The van der Waals surface area contributed by atoms with E-state index in [4.69, 9.17) is 5.11 Å². The van der Waals surface area contributed by atoms with Crippen molar-refractivity contribution in [2.24, 2.45) is 0 Å². The van der Waals surface area contributed by atoms with Crippen LogP contribution in [0.15, 0.2) is 42.0 Å². The highest BCUT2D eigenvalue weighted by Gasteiger charge is 2.43. The summed E-state index contributed by atoms with van der Waals surface area (Å²) >= 11 is 0. The SMILES string of the molecule is C/C(=C/CO)C1(O)CCCN(C)C1c1ccccc1.CC.CC.CC.CC. The van der Waals surface area contributed by atoms with E-state index in [0.29, 0.717) is 0 Å². The summed E-state index contributed by atoms with van der Waals surface area (Å²) in [5, 5.41) is 20.2. The number of likely N-dealkylation sites (N-methyl/N-ethyl adjacent to an activating group) is 1. The Labute approximate surface area is 170 Å². The van der Waals surface area contributed by atoms with Crippen LogP contribution in [0.5, 0.6) is 0 Å². The van der Waals surface area contributed by atoms with E-state index >= 15 is 0 Å². The van der Waals surface area contributed by atoms with Crippen molar-refractivity contribution < 1.29 is 10.2 Å². The molecule has 0 bridgehead atoms. The first kappa shape index (κ1) is 30.6. The standard InChI is InChI=1S/C16H23NO2.4C2H6/c1-13(9-12-18)16(19)10-6-11-17(2)15(16)14-7-4-3-5-8-14;4*1-2/h3-5,7-9,15,18-19H,6,10-12H2,1-2H3;4*1-2H3/b13-9-;;;;. The van der Waals surface area contributed by atoms with Crippen molar-refractivity contribution in [3.63, 3.8) is 0 Å². The molecule has 1 heterocycles. The quantitative estimate of drug-likeness (QED) is 0.610. The van der Waals surface area contributed by atoms with Gasteiger partial charge in [-0.2, -0.15) is 0 Å². The van der Waals surface area contributed by atoms with E-state index in [1.54, 1.807) is 6.08 Å². The Hall–Kier alpha value is -1.16. The highest BCUT2D eigenvalue weighted by Crippen LogP contribution is 2.42. The molecule has 0 spiro atoms. The monoisotopic (exact) mass is 381 g/mol. The molecule has 3 nitrogen and oxygen atoms in total. The molecule has 27 heavy (non-hydrogen) atoms. The molecule has 0 radical (unpaired) electrons. The van der Waals surface area contributed by atoms with E-state index in [2.05, 4.69) is 17.0 Å². The van der Waals surface area contributed by atoms with Gasteiger partial charge in [0.05, 0.1) is 12.6 Å². The number of hydrogen-bond acceptors (Lipinski definition) is 3. The van der Waals surface area contributed by atoms with Gasteiger partial charge in [-0.05, 0) is 44.5 Å². The maximum Gasteiger partial charge on any atom is 0.105 e. The summed E-state index contributed by atoms with van der Waals surface area (Å²) in [5.74, 6) is 0. The maximum atomic E-state index is 11.1. The summed E-state index contributed by atoms with van der Waals surface area (Å²) in [6.07, 6.45) is 3.42. The van der Waals surface area contributed by atoms with Gasteiger partial charge in [0.1, 0.15) is 5.60 Å². The van der Waals surface area contributed by atoms with Crippen LogP contribution in [0.2, 0.25) is 0 Å². The average Bonchev–Trinajstić information content (AvgIpc) is 2.75. The first-order valence-electron chi connectivity index (χ1n) is 10.8. The average molecular weight is 382 g/mol. The summed E-state index contributed by atoms with van der Waals surface area (Å²) in [6.45, 7) is 18.9. The van der Waals surface area contributed by atoms with Crippen molar-refractivity contribution in [3.05, 3.63) is 47.5 Å². The van der Waals surface area contributed by atoms with Crippen molar-refractivity contribution in [1.82, 2.24) is 4.90 Å². The van der Waals surface area contributed by atoms with Gasteiger partial charge < -0.3 is 10.2 Å². The molecule has 2 unspecified atom stereocenters. The van der Waals surface area contributed by atoms with Crippen molar-refractivity contribution in [1.29, 1.82) is 0 Å². The lowest BCUT2D eigenvalue weighted by atomic mass is 9.76. The molecule has 1 aliphatic rings. The molecular formula is C24H47NO2. The molecule has 160 valence electrons. The molecule has 0 amide bonds. The molecule has 0 aliphatic carbocycles. The Kier molecular flexibility index (Phi) is 22.2. The fourth-order valence-corrected chi connectivity index (χ4v) is 3.12. The summed E-state index contributed by atoms with van der Waals surface area (Å²) in [6, 6.07) is 10.1. The van der Waals surface area contributed by atoms with Gasteiger partial charge in [-0.25, -0.2) is 0 Å². The number of rotatable bonds is 3. The van der Waals surface area contributed by atoms with E-state index in [9.17, 15) is 5.11 Å². The Bertz CT molecular complexity index is 445. The summed E-state index contributed by atoms with van der Waals surface area (Å²) in [4.78, 5) is 2.20. The zero-order valence-corrected chi connectivity index (χ0v) is 19.7. The molecule has 3 heteroatoms. The van der Waals surface area contributed by atoms with Gasteiger partial charge in [-0.1, -0.05) is 91.8 Å². The summed E-state index contributed by atoms with van der Waals surface area (Å²) in [7, 11) is 2.05. The number of nitrogens with zero attached hydrogens (tertiary/aromatic N) is 1. The Morgan fingerprint density at radius 3 is 1.96 bits per heavy atom. The van der Waals surface area contributed by atoms with Crippen molar-refractivity contribution in [2.75, 3.05) is 20.2 Å².